The van der Waals surface area contributed by atoms with Crippen LogP contribution in [0.2, 0.25) is 0 Å². The first-order chi connectivity index (χ1) is 27.5. The smallest absolute Gasteiger partial charge is 0.0361 e. The topological polar surface area (TPSA) is 0 Å². The average molecular weight is 729 g/mol. The van der Waals surface area contributed by atoms with Crippen LogP contribution in [-0.2, 0) is 5.41 Å². The number of rotatable bonds is 3. The zero-order chi connectivity index (χ0) is 37.1. The third kappa shape index (κ3) is 4.53. The van der Waals surface area contributed by atoms with E-state index in [9.17, 15) is 0 Å². The number of fused-ring (bicyclic) bond motifs is 11. The molecule has 0 bridgehead atoms. The van der Waals surface area contributed by atoms with Gasteiger partial charge in [0.1, 0.15) is 0 Å². The lowest BCUT2D eigenvalue weighted by Gasteiger charge is -2.22. The van der Waals surface area contributed by atoms with Crippen molar-refractivity contribution in [1.29, 1.82) is 0 Å². The third-order valence-electron chi connectivity index (χ3n) is 12.6. The summed E-state index contributed by atoms with van der Waals surface area (Å²) in [6.45, 7) is 4.79. The first-order valence-corrected chi connectivity index (χ1v) is 20.4. The number of hydrogen-bond donors (Lipinski definition) is 0. The van der Waals surface area contributed by atoms with E-state index < -0.39 is 0 Å². The molecular weight excluding hydrogens is 693 g/mol. The van der Waals surface area contributed by atoms with Gasteiger partial charge in [0.05, 0.1) is 0 Å². The quantitative estimate of drug-likeness (QED) is 0.159. The first kappa shape index (κ1) is 31.8. The molecule has 10 aromatic carbocycles. The standard InChI is InChI=1S/C55H36S/c1-55(2)48-28-26-38-31-51-47(40-13-9-10-18-50(40)56-51)32-46(38)54(48)45-27-25-37(30-49(45)55)34-19-22-35(23-20-34)52-41-14-5-7-16-43(41)53(44-17-8-6-15-42(44)52)39-24-21-33-11-3-4-12-36(33)29-39/h3-32H,1-2H3. The zero-order valence-corrected chi connectivity index (χ0v) is 32.0. The zero-order valence-electron chi connectivity index (χ0n) is 31.2. The van der Waals surface area contributed by atoms with Crippen molar-refractivity contribution in [2.24, 2.45) is 0 Å². The molecule has 0 aliphatic heterocycles. The van der Waals surface area contributed by atoms with Gasteiger partial charge in [0.25, 0.3) is 0 Å². The number of hydrogen-bond acceptors (Lipinski definition) is 1. The highest BCUT2D eigenvalue weighted by atomic mass is 32.1. The molecule has 0 spiro atoms. The monoisotopic (exact) mass is 728 g/mol. The Morgan fingerprint density at radius 2 is 0.893 bits per heavy atom. The Hall–Kier alpha value is -6.54. The molecule has 12 rings (SSSR count). The maximum absolute atomic E-state index is 2.46. The Morgan fingerprint density at radius 1 is 0.321 bits per heavy atom. The van der Waals surface area contributed by atoms with Gasteiger partial charge in [-0.05, 0) is 129 Å². The van der Waals surface area contributed by atoms with Gasteiger partial charge in [-0.1, -0.05) is 166 Å². The molecule has 0 fully saturated rings. The minimum absolute atomic E-state index is 0.106. The van der Waals surface area contributed by atoms with Crippen LogP contribution in [0.1, 0.15) is 25.0 Å². The molecule has 262 valence electrons. The first-order valence-electron chi connectivity index (χ1n) is 19.6. The fourth-order valence-corrected chi connectivity index (χ4v) is 11.0. The molecule has 1 aliphatic carbocycles. The van der Waals surface area contributed by atoms with E-state index in [1.54, 1.807) is 0 Å². The summed E-state index contributed by atoms with van der Waals surface area (Å²) >= 11 is 1.89. The summed E-state index contributed by atoms with van der Waals surface area (Å²) in [6, 6.07) is 68.3. The van der Waals surface area contributed by atoms with Gasteiger partial charge in [-0.3, -0.25) is 0 Å². The fourth-order valence-electron chi connectivity index (χ4n) is 9.88. The van der Waals surface area contributed by atoms with Crippen LogP contribution in [0.5, 0.6) is 0 Å². The lowest BCUT2D eigenvalue weighted by atomic mass is 9.81. The summed E-state index contributed by atoms with van der Waals surface area (Å²) in [5, 5.41) is 13.0. The molecule has 1 heteroatoms. The second kappa shape index (κ2) is 11.7. The maximum atomic E-state index is 2.46. The van der Waals surface area contributed by atoms with Crippen LogP contribution in [-0.4, -0.2) is 0 Å². The Kier molecular flexibility index (Phi) is 6.66. The van der Waals surface area contributed by atoms with Gasteiger partial charge >= 0.3 is 0 Å². The molecule has 0 saturated heterocycles. The normalized spacial score (nSPS) is 13.3. The molecule has 1 heterocycles. The summed E-state index contributed by atoms with van der Waals surface area (Å²) in [5.74, 6) is 0. The van der Waals surface area contributed by atoms with Gasteiger partial charge in [-0.2, -0.15) is 0 Å². The predicted octanol–water partition coefficient (Wildman–Crippen LogP) is 16.0. The molecule has 1 aromatic heterocycles. The van der Waals surface area contributed by atoms with Crippen molar-refractivity contribution in [2.45, 2.75) is 19.3 Å². The van der Waals surface area contributed by atoms with Gasteiger partial charge in [0.15, 0.2) is 0 Å². The van der Waals surface area contributed by atoms with E-state index in [1.165, 1.54) is 119 Å². The lowest BCUT2D eigenvalue weighted by molar-refractivity contribution is 0.661. The van der Waals surface area contributed by atoms with E-state index in [0.717, 1.165) is 0 Å². The summed E-state index contributed by atoms with van der Waals surface area (Å²) in [7, 11) is 0. The van der Waals surface area contributed by atoms with Crippen LogP contribution in [0.25, 0.3) is 108 Å². The molecule has 11 aromatic rings. The molecule has 0 atom stereocenters. The molecule has 56 heavy (non-hydrogen) atoms. The second-order valence-electron chi connectivity index (χ2n) is 16.0. The molecule has 0 radical (unpaired) electrons. The van der Waals surface area contributed by atoms with Crippen molar-refractivity contribution in [3.63, 3.8) is 0 Å². The Balaban J connectivity index is 0.978. The van der Waals surface area contributed by atoms with E-state index in [4.69, 9.17) is 0 Å². The minimum Gasteiger partial charge on any atom is -0.135 e. The van der Waals surface area contributed by atoms with Gasteiger partial charge in [0.2, 0.25) is 0 Å². The van der Waals surface area contributed by atoms with Crippen LogP contribution in [0.3, 0.4) is 0 Å². The Bertz CT molecular complexity index is 3370. The Morgan fingerprint density at radius 3 is 1.62 bits per heavy atom. The van der Waals surface area contributed by atoms with Crippen LogP contribution in [0.15, 0.2) is 182 Å². The molecular formula is C55H36S. The van der Waals surface area contributed by atoms with Gasteiger partial charge in [-0.15, -0.1) is 11.3 Å². The van der Waals surface area contributed by atoms with Crippen LogP contribution >= 0.6 is 11.3 Å². The fraction of sp³-hybridized carbons (Fsp3) is 0.0545. The van der Waals surface area contributed by atoms with Crippen LogP contribution < -0.4 is 0 Å². The average Bonchev–Trinajstić information content (AvgIpc) is 3.72. The largest absolute Gasteiger partial charge is 0.135 e. The van der Waals surface area contributed by atoms with Gasteiger partial charge in [0, 0.05) is 25.6 Å². The van der Waals surface area contributed by atoms with Crippen molar-refractivity contribution in [3.05, 3.63) is 193 Å². The summed E-state index contributed by atoms with van der Waals surface area (Å²) in [4.78, 5) is 0. The molecule has 0 nitrogen and oxygen atoms in total. The van der Waals surface area contributed by atoms with E-state index in [1.807, 2.05) is 11.3 Å². The minimum atomic E-state index is -0.106. The highest BCUT2D eigenvalue weighted by Gasteiger charge is 2.36. The summed E-state index contributed by atoms with van der Waals surface area (Å²) < 4.78 is 2.71. The van der Waals surface area contributed by atoms with Crippen molar-refractivity contribution >= 4 is 74.6 Å². The van der Waals surface area contributed by atoms with Crippen LogP contribution in [0.4, 0.5) is 0 Å². The molecule has 0 amide bonds. The van der Waals surface area contributed by atoms with E-state index >= 15 is 0 Å². The number of thiophene rings is 1. The van der Waals surface area contributed by atoms with Crippen molar-refractivity contribution in [2.75, 3.05) is 0 Å². The number of benzene rings is 10. The summed E-state index contributed by atoms with van der Waals surface area (Å²) in [5.41, 5.74) is 13.0. The second-order valence-corrected chi connectivity index (χ2v) is 17.1. The molecule has 0 N–H and O–H groups in total. The molecule has 0 saturated carbocycles. The molecule has 0 unspecified atom stereocenters. The lowest BCUT2D eigenvalue weighted by Crippen LogP contribution is -2.15. The van der Waals surface area contributed by atoms with E-state index in [0.29, 0.717) is 0 Å². The van der Waals surface area contributed by atoms with Crippen molar-refractivity contribution in [3.8, 4) is 44.5 Å². The predicted molar refractivity (Wildman–Crippen MR) is 243 cm³/mol. The molecule has 1 aliphatic rings. The summed E-state index contributed by atoms with van der Waals surface area (Å²) in [6.07, 6.45) is 0. The SMILES string of the molecule is CC1(C)c2cc(-c3ccc(-c4c5ccccc5c(-c5ccc6ccccc6c5)c5ccccc45)cc3)ccc2-c2c1ccc1cc3sc4ccccc4c3cc21. The highest BCUT2D eigenvalue weighted by Crippen LogP contribution is 2.53. The van der Waals surface area contributed by atoms with Gasteiger partial charge < -0.3 is 0 Å². The van der Waals surface area contributed by atoms with E-state index in [2.05, 4.69) is 196 Å². The highest BCUT2D eigenvalue weighted by molar-refractivity contribution is 7.25. The Labute approximate surface area is 329 Å². The third-order valence-corrected chi connectivity index (χ3v) is 13.8. The van der Waals surface area contributed by atoms with Crippen molar-refractivity contribution < 1.29 is 0 Å². The van der Waals surface area contributed by atoms with Crippen LogP contribution in [0, 0.1) is 0 Å². The van der Waals surface area contributed by atoms with Gasteiger partial charge in [-0.25, -0.2) is 0 Å². The van der Waals surface area contributed by atoms with E-state index in [-0.39, 0.29) is 5.41 Å². The maximum Gasteiger partial charge on any atom is 0.0361 e. The van der Waals surface area contributed by atoms with Crippen molar-refractivity contribution in [1.82, 2.24) is 0 Å².